The summed E-state index contributed by atoms with van der Waals surface area (Å²) in [5.74, 6) is 0. The third kappa shape index (κ3) is 4.50. The lowest BCUT2D eigenvalue weighted by atomic mass is 10.2. The van der Waals surface area contributed by atoms with Crippen LogP contribution in [0.5, 0.6) is 0 Å². The van der Waals surface area contributed by atoms with Gasteiger partial charge in [-0.1, -0.05) is 0 Å². The highest BCUT2D eigenvalue weighted by Crippen LogP contribution is 2.09. The second-order valence-corrected chi connectivity index (χ2v) is 3.97. The molecule has 1 amide bonds. The molecule has 4 nitrogen and oxygen atoms in total. The van der Waals surface area contributed by atoms with Crippen LogP contribution >= 0.6 is 0 Å². The molecule has 0 saturated carbocycles. The number of carbonyl (C=O) groups is 2. The van der Waals surface area contributed by atoms with E-state index in [0.717, 1.165) is 0 Å². The SMILES string of the molecule is CC(C=O)N(C)C(=O)OC(C)(C)C. The first-order valence-electron chi connectivity index (χ1n) is 4.19. The molecule has 0 N–H and O–H groups in total. The molecule has 0 heterocycles. The summed E-state index contributed by atoms with van der Waals surface area (Å²) in [7, 11) is 1.53. The maximum absolute atomic E-state index is 11.3. The van der Waals surface area contributed by atoms with Crippen LogP contribution in [-0.2, 0) is 9.53 Å². The molecule has 0 aromatic heterocycles. The number of amides is 1. The molecule has 0 aliphatic carbocycles. The lowest BCUT2D eigenvalue weighted by Gasteiger charge is -2.26. The number of rotatable bonds is 2. The maximum Gasteiger partial charge on any atom is 0.410 e. The average Bonchev–Trinajstić information content (AvgIpc) is 1.98. The van der Waals surface area contributed by atoms with E-state index in [1.807, 2.05) is 0 Å². The summed E-state index contributed by atoms with van der Waals surface area (Å²) >= 11 is 0. The van der Waals surface area contributed by atoms with E-state index in [2.05, 4.69) is 0 Å². The normalized spacial score (nSPS) is 13.3. The molecule has 0 aromatic rings. The van der Waals surface area contributed by atoms with Gasteiger partial charge in [0.05, 0.1) is 6.04 Å². The number of hydrogen-bond acceptors (Lipinski definition) is 3. The molecule has 1 unspecified atom stereocenters. The first-order chi connectivity index (χ1) is 5.78. The van der Waals surface area contributed by atoms with E-state index in [0.29, 0.717) is 6.29 Å². The van der Waals surface area contributed by atoms with Gasteiger partial charge in [-0.3, -0.25) is 0 Å². The third-order valence-electron chi connectivity index (χ3n) is 1.49. The van der Waals surface area contributed by atoms with Crippen LogP contribution < -0.4 is 0 Å². The van der Waals surface area contributed by atoms with Crippen LogP contribution in [0.15, 0.2) is 0 Å². The molecule has 0 radical (unpaired) electrons. The second kappa shape index (κ2) is 4.25. The summed E-state index contributed by atoms with van der Waals surface area (Å²) in [5.41, 5.74) is -0.520. The minimum atomic E-state index is -0.520. The van der Waals surface area contributed by atoms with Gasteiger partial charge in [0.1, 0.15) is 11.9 Å². The Balaban J connectivity index is 4.19. The highest BCUT2D eigenvalue weighted by Gasteiger charge is 2.22. The molecule has 0 aliphatic heterocycles. The van der Waals surface area contributed by atoms with E-state index >= 15 is 0 Å². The van der Waals surface area contributed by atoms with Gasteiger partial charge < -0.3 is 14.4 Å². The maximum atomic E-state index is 11.3. The van der Waals surface area contributed by atoms with Gasteiger partial charge in [0.15, 0.2) is 0 Å². The summed E-state index contributed by atoms with van der Waals surface area (Å²) in [5, 5.41) is 0. The lowest BCUT2D eigenvalue weighted by molar-refractivity contribution is -0.111. The van der Waals surface area contributed by atoms with Gasteiger partial charge in [0.25, 0.3) is 0 Å². The van der Waals surface area contributed by atoms with E-state index < -0.39 is 17.7 Å². The Labute approximate surface area is 78.9 Å². The van der Waals surface area contributed by atoms with Crippen molar-refractivity contribution < 1.29 is 14.3 Å². The summed E-state index contributed by atoms with van der Waals surface area (Å²) in [6.07, 6.45) is 0.219. The quantitative estimate of drug-likeness (QED) is 0.614. The Hall–Kier alpha value is -1.06. The summed E-state index contributed by atoms with van der Waals surface area (Å²) < 4.78 is 5.05. The highest BCUT2D eigenvalue weighted by molar-refractivity contribution is 5.73. The number of ether oxygens (including phenoxy) is 1. The largest absolute Gasteiger partial charge is 0.444 e. The Morgan fingerprint density at radius 2 is 1.92 bits per heavy atom. The number of carbonyl (C=O) groups excluding carboxylic acids is 2. The van der Waals surface area contributed by atoms with Crippen molar-refractivity contribution >= 4 is 12.4 Å². The predicted octanol–water partition coefficient (Wildman–Crippen LogP) is 1.44. The number of nitrogens with zero attached hydrogens (tertiary/aromatic N) is 1. The van der Waals surface area contributed by atoms with Gasteiger partial charge in [-0.2, -0.15) is 0 Å². The van der Waals surface area contributed by atoms with Crippen molar-refractivity contribution in [3.63, 3.8) is 0 Å². The van der Waals surface area contributed by atoms with Crippen molar-refractivity contribution in [2.24, 2.45) is 0 Å². The molecule has 13 heavy (non-hydrogen) atoms. The van der Waals surface area contributed by atoms with Crippen LogP contribution in [0.2, 0.25) is 0 Å². The fraction of sp³-hybridized carbons (Fsp3) is 0.778. The third-order valence-corrected chi connectivity index (χ3v) is 1.49. The fourth-order valence-electron chi connectivity index (χ4n) is 0.591. The topological polar surface area (TPSA) is 46.6 Å². The Morgan fingerprint density at radius 1 is 1.46 bits per heavy atom. The fourth-order valence-corrected chi connectivity index (χ4v) is 0.591. The number of aldehydes is 1. The molecule has 0 saturated heterocycles. The van der Waals surface area contributed by atoms with E-state index in [1.54, 1.807) is 27.7 Å². The van der Waals surface area contributed by atoms with Gasteiger partial charge in [-0.25, -0.2) is 4.79 Å². The zero-order valence-electron chi connectivity index (χ0n) is 8.83. The van der Waals surface area contributed by atoms with Crippen molar-refractivity contribution in [1.82, 2.24) is 4.90 Å². The monoisotopic (exact) mass is 187 g/mol. The second-order valence-electron chi connectivity index (χ2n) is 3.97. The standard InChI is InChI=1S/C9H17NO3/c1-7(6-11)10(5)8(12)13-9(2,3)4/h6-7H,1-5H3. The van der Waals surface area contributed by atoms with Crippen molar-refractivity contribution in [2.75, 3.05) is 7.05 Å². The van der Waals surface area contributed by atoms with Crippen LogP contribution in [-0.4, -0.2) is 36.0 Å². The van der Waals surface area contributed by atoms with Crippen LogP contribution in [0.25, 0.3) is 0 Å². The van der Waals surface area contributed by atoms with Crippen molar-refractivity contribution in [3.05, 3.63) is 0 Å². The lowest BCUT2D eigenvalue weighted by Crippen LogP contribution is -2.40. The van der Waals surface area contributed by atoms with Crippen LogP contribution in [0.1, 0.15) is 27.7 Å². The summed E-state index contributed by atoms with van der Waals surface area (Å²) in [4.78, 5) is 22.9. The molecule has 1 atom stereocenters. The van der Waals surface area contributed by atoms with E-state index in [1.165, 1.54) is 11.9 Å². The molecule has 0 aromatic carbocycles. The molecule has 0 aliphatic rings. The summed E-state index contributed by atoms with van der Waals surface area (Å²) in [6, 6.07) is -0.449. The highest BCUT2D eigenvalue weighted by atomic mass is 16.6. The smallest absolute Gasteiger partial charge is 0.410 e. The van der Waals surface area contributed by atoms with Crippen molar-refractivity contribution in [2.45, 2.75) is 39.3 Å². The zero-order valence-corrected chi connectivity index (χ0v) is 8.83. The average molecular weight is 187 g/mol. The number of hydrogen-bond donors (Lipinski definition) is 0. The van der Waals surface area contributed by atoms with E-state index in [9.17, 15) is 9.59 Å². The number of likely N-dealkylation sites (N-methyl/N-ethyl adjacent to an activating group) is 1. The van der Waals surface area contributed by atoms with Crippen molar-refractivity contribution in [1.29, 1.82) is 0 Å². The predicted molar refractivity (Wildman–Crippen MR) is 49.5 cm³/mol. The molecule has 4 heteroatoms. The molecule has 0 rings (SSSR count). The van der Waals surface area contributed by atoms with Crippen LogP contribution in [0.3, 0.4) is 0 Å². The Morgan fingerprint density at radius 3 is 2.23 bits per heavy atom. The Bertz CT molecular complexity index is 196. The van der Waals surface area contributed by atoms with Gasteiger partial charge >= 0.3 is 6.09 Å². The molecule has 0 fully saturated rings. The zero-order chi connectivity index (χ0) is 10.6. The van der Waals surface area contributed by atoms with Crippen LogP contribution in [0.4, 0.5) is 4.79 Å². The van der Waals surface area contributed by atoms with Crippen LogP contribution in [0, 0.1) is 0 Å². The first-order valence-corrected chi connectivity index (χ1v) is 4.19. The van der Waals surface area contributed by atoms with Gasteiger partial charge in [0, 0.05) is 7.05 Å². The molecular weight excluding hydrogens is 170 g/mol. The summed E-state index contributed by atoms with van der Waals surface area (Å²) in [6.45, 7) is 6.98. The first kappa shape index (κ1) is 11.9. The van der Waals surface area contributed by atoms with Gasteiger partial charge in [0.2, 0.25) is 0 Å². The molecule has 76 valence electrons. The van der Waals surface area contributed by atoms with E-state index in [4.69, 9.17) is 4.74 Å². The molecule has 0 bridgehead atoms. The van der Waals surface area contributed by atoms with E-state index in [-0.39, 0.29) is 0 Å². The minimum absolute atomic E-state index is 0.449. The molecular formula is C9H17NO3. The van der Waals surface area contributed by atoms with Gasteiger partial charge in [-0.15, -0.1) is 0 Å². The molecule has 0 spiro atoms. The van der Waals surface area contributed by atoms with Crippen molar-refractivity contribution in [3.8, 4) is 0 Å². The Kier molecular flexibility index (Phi) is 3.91. The van der Waals surface area contributed by atoms with Gasteiger partial charge in [-0.05, 0) is 27.7 Å². The minimum Gasteiger partial charge on any atom is -0.444 e.